The highest BCUT2D eigenvalue weighted by Gasteiger charge is 2.29. The smallest absolute Gasteiger partial charge is 0.264 e. The Morgan fingerprint density at radius 3 is 2.44 bits per heavy atom. The fourth-order valence-electron chi connectivity index (χ4n) is 4.40. The van der Waals surface area contributed by atoms with E-state index in [-0.39, 0.29) is 12.5 Å². The Bertz CT molecular complexity index is 1430. The molecule has 1 fully saturated rings. The lowest BCUT2D eigenvalue weighted by Gasteiger charge is -2.17. The van der Waals surface area contributed by atoms with Crippen LogP contribution >= 0.6 is 0 Å². The molecule has 1 aliphatic heterocycles. The second kappa shape index (κ2) is 9.04. The summed E-state index contributed by atoms with van der Waals surface area (Å²) in [6, 6.07) is 25.7. The van der Waals surface area contributed by atoms with E-state index in [1.807, 2.05) is 60.7 Å². The number of para-hydroxylation sites is 2. The van der Waals surface area contributed by atoms with E-state index >= 15 is 0 Å². The minimum atomic E-state index is -3.54. The molecule has 0 spiro atoms. The topological polar surface area (TPSA) is 81.5 Å². The zero-order chi connectivity index (χ0) is 23.7. The Balaban J connectivity index is 1.36. The van der Waals surface area contributed by atoms with Crippen molar-refractivity contribution in [1.29, 1.82) is 0 Å². The van der Waals surface area contributed by atoms with Gasteiger partial charge >= 0.3 is 0 Å². The van der Waals surface area contributed by atoms with Crippen LogP contribution in [0.1, 0.15) is 22.3 Å². The molecule has 5 rings (SSSR count). The van der Waals surface area contributed by atoms with Crippen LogP contribution in [-0.2, 0) is 20.8 Å². The molecule has 174 valence electrons. The molecule has 1 amide bonds. The first-order valence-electron chi connectivity index (χ1n) is 11.1. The van der Waals surface area contributed by atoms with Crippen molar-refractivity contribution in [3.63, 3.8) is 0 Å². The Kier molecular flexibility index (Phi) is 5.93. The van der Waals surface area contributed by atoms with Gasteiger partial charge in [-0.3, -0.25) is 8.98 Å². The summed E-state index contributed by atoms with van der Waals surface area (Å²) in [6.45, 7) is 1.37. The highest BCUT2D eigenvalue weighted by molar-refractivity contribution is 7.86. The standard InChI is InChI=1S/C26H25N3O4S/c1-34(31,32)33-22-15-16-28(18-22)26(30)21-13-11-19(12-14-21)17-29-24-10-6-5-9-23(24)27-25(29)20-7-3-2-4-8-20/h2-14,22H,15-18H2,1H3. The first-order chi connectivity index (χ1) is 16.4. The van der Waals surface area contributed by atoms with Crippen LogP contribution in [0, 0.1) is 0 Å². The van der Waals surface area contributed by atoms with Crippen molar-refractivity contribution in [3.05, 3.63) is 90.0 Å². The third-order valence-electron chi connectivity index (χ3n) is 5.97. The summed E-state index contributed by atoms with van der Waals surface area (Å²) >= 11 is 0. The van der Waals surface area contributed by atoms with E-state index < -0.39 is 16.2 Å². The molecule has 4 aromatic rings. The molecular weight excluding hydrogens is 450 g/mol. The number of hydrogen-bond acceptors (Lipinski definition) is 5. The second-order valence-electron chi connectivity index (χ2n) is 8.54. The molecule has 0 bridgehead atoms. The average Bonchev–Trinajstić information content (AvgIpc) is 3.43. The van der Waals surface area contributed by atoms with Crippen LogP contribution in [0.15, 0.2) is 78.9 Å². The van der Waals surface area contributed by atoms with Gasteiger partial charge in [-0.2, -0.15) is 8.42 Å². The molecule has 34 heavy (non-hydrogen) atoms. The maximum atomic E-state index is 12.9. The van der Waals surface area contributed by atoms with E-state index in [4.69, 9.17) is 9.17 Å². The number of rotatable bonds is 6. The number of aromatic nitrogens is 2. The highest BCUT2D eigenvalue weighted by Crippen LogP contribution is 2.26. The van der Waals surface area contributed by atoms with Crippen molar-refractivity contribution in [1.82, 2.24) is 14.5 Å². The lowest BCUT2D eigenvalue weighted by atomic mass is 10.1. The van der Waals surface area contributed by atoms with Crippen LogP contribution in [0.2, 0.25) is 0 Å². The second-order valence-corrected chi connectivity index (χ2v) is 10.1. The molecule has 0 aliphatic carbocycles. The predicted molar refractivity (Wildman–Crippen MR) is 131 cm³/mol. The first-order valence-corrected chi connectivity index (χ1v) is 13.0. The number of hydrogen-bond donors (Lipinski definition) is 0. The van der Waals surface area contributed by atoms with Crippen molar-refractivity contribution >= 4 is 27.1 Å². The van der Waals surface area contributed by atoms with Gasteiger partial charge in [0.15, 0.2) is 0 Å². The minimum absolute atomic E-state index is 0.121. The predicted octanol–water partition coefficient (Wildman–Crippen LogP) is 3.94. The first kappa shape index (κ1) is 22.3. The van der Waals surface area contributed by atoms with Gasteiger partial charge in [0.05, 0.1) is 23.4 Å². The Morgan fingerprint density at radius 1 is 1.00 bits per heavy atom. The molecule has 1 unspecified atom stereocenters. The third-order valence-corrected chi connectivity index (χ3v) is 6.59. The van der Waals surface area contributed by atoms with E-state index in [1.165, 1.54) is 0 Å². The van der Waals surface area contributed by atoms with Gasteiger partial charge in [0.25, 0.3) is 16.0 Å². The summed E-state index contributed by atoms with van der Waals surface area (Å²) < 4.78 is 30.0. The molecule has 1 aromatic heterocycles. The minimum Gasteiger partial charge on any atom is -0.336 e. The van der Waals surface area contributed by atoms with Gasteiger partial charge in [-0.15, -0.1) is 0 Å². The van der Waals surface area contributed by atoms with E-state index in [0.29, 0.717) is 25.1 Å². The van der Waals surface area contributed by atoms with E-state index in [9.17, 15) is 13.2 Å². The maximum absolute atomic E-state index is 12.9. The normalized spacial score (nSPS) is 16.3. The van der Waals surface area contributed by atoms with E-state index in [2.05, 4.69) is 22.8 Å². The van der Waals surface area contributed by atoms with Crippen molar-refractivity contribution in [2.75, 3.05) is 19.3 Å². The van der Waals surface area contributed by atoms with Gasteiger partial charge < -0.3 is 9.47 Å². The molecular formula is C26H25N3O4S. The molecule has 7 nitrogen and oxygen atoms in total. The molecule has 0 radical (unpaired) electrons. The van der Waals surface area contributed by atoms with Gasteiger partial charge in [0.1, 0.15) is 5.82 Å². The molecule has 1 saturated heterocycles. The van der Waals surface area contributed by atoms with Crippen molar-refractivity contribution in [2.24, 2.45) is 0 Å². The van der Waals surface area contributed by atoms with Gasteiger partial charge in [-0.25, -0.2) is 4.98 Å². The summed E-state index contributed by atoms with van der Waals surface area (Å²) in [5, 5.41) is 0. The van der Waals surface area contributed by atoms with Crippen LogP contribution in [0.4, 0.5) is 0 Å². The number of carbonyl (C=O) groups is 1. The average molecular weight is 476 g/mol. The summed E-state index contributed by atoms with van der Waals surface area (Å²) in [4.78, 5) is 19.4. The molecule has 0 saturated carbocycles. The zero-order valence-corrected chi connectivity index (χ0v) is 19.6. The van der Waals surface area contributed by atoms with E-state index in [1.54, 1.807) is 4.90 Å². The van der Waals surface area contributed by atoms with Gasteiger partial charge in [-0.1, -0.05) is 54.6 Å². The number of imidazole rings is 1. The Morgan fingerprint density at radius 2 is 1.71 bits per heavy atom. The number of carbonyl (C=O) groups excluding carboxylic acids is 1. The van der Waals surface area contributed by atoms with Crippen molar-refractivity contribution in [3.8, 4) is 11.4 Å². The summed E-state index contributed by atoms with van der Waals surface area (Å²) in [7, 11) is -3.54. The largest absolute Gasteiger partial charge is 0.336 e. The fraction of sp³-hybridized carbons (Fsp3) is 0.231. The number of fused-ring (bicyclic) bond motifs is 1. The monoisotopic (exact) mass is 475 g/mol. The quantitative estimate of drug-likeness (QED) is 0.395. The SMILES string of the molecule is CS(=O)(=O)OC1CCN(C(=O)c2ccc(Cn3c(-c4ccccc4)nc4ccccc43)cc2)C1. The van der Waals surface area contributed by atoms with E-state index in [0.717, 1.165) is 34.2 Å². The van der Waals surface area contributed by atoms with Crippen molar-refractivity contribution in [2.45, 2.75) is 19.1 Å². The van der Waals surface area contributed by atoms with Gasteiger partial charge in [-0.05, 0) is 36.2 Å². The number of benzene rings is 3. The Labute approximate surface area is 198 Å². The number of amides is 1. The summed E-state index contributed by atoms with van der Waals surface area (Å²) in [5.41, 5.74) is 4.66. The summed E-state index contributed by atoms with van der Waals surface area (Å²) in [6.07, 6.45) is 1.06. The van der Waals surface area contributed by atoms with Gasteiger partial charge in [0.2, 0.25) is 0 Å². The number of nitrogens with zero attached hydrogens (tertiary/aromatic N) is 3. The van der Waals surface area contributed by atoms with Crippen LogP contribution in [-0.4, -0.2) is 54.2 Å². The fourth-order valence-corrected chi connectivity index (χ4v) is 5.05. The maximum Gasteiger partial charge on any atom is 0.264 e. The number of likely N-dealkylation sites (tertiary alicyclic amines) is 1. The molecule has 1 aliphatic rings. The zero-order valence-electron chi connectivity index (χ0n) is 18.8. The molecule has 3 aromatic carbocycles. The lowest BCUT2D eigenvalue weighted by Crippen LogP contribution is -2.30. The highest BCUT2D eigenvalue weighted by atomic mass is 32.2. The Hall–Kier alpha value is -3.49. The molecule has 2 heterocycles. The van der Waals surface area contributed by atoms with Crippen LogP contribution < -0.4 is 0 Å². The van der Waals surface area contributed by atoms with Crippen LogP contribution in [0.3, 0.4) is 0 Å². The molecule has 8 heteroatoms. The van der Waals surface area contributed by atoms with Gasteiger partial charge in [0, 0.05) is 30.8 Å². The van der Waals surface area contributed by atoms with Crippen LogP contribution in [0.5, 0.6) is 0 Å². The third kappa shape index (κ3) is 4.73. The van der Waals surface area contributed by atoms with Crippen molar-refractivity contribution < 1.29 is 17.4 Å². The summed E-state index contributed by atoms with van der Waals surface area (Å²) in [5.74, 6) is 0.778. The molecule has 1 atom stereocenters. The molecule has 0 N–H and O–H groups in total. The lowest BCUT2D eigenvalue weighted by molar-refractivity contribution is 0.0773. The van der Waals surface area contributed by atoms with Crippen LogP contribution in [0.25, 0.3) is 22.4 Å².